The standard InChI is InChI=1S/C21H21N3O3/c1-22-20(25)17-18(21(22)26)27-24-16(15-10-6-3-7-11-15)13-23(19(17)24)12-14-8-4-2-5-9-14/h2-11,16-19H,12-13H2,1H3/t16-,17+,18+,19+/m0/s1. The summed E-state index contributed by atoms with van der Waals surface area (Å²) >= 11 is 0. The molecule has 4 atom stereocenters. The van der Waals surface area contributed by atoms with Crippen LogP contribution >= 0.6 is 0 Å². The van der Waals surface area contributed by atoms with E-state index in [0.717, 1.165) is 12.1 Å². The van der Waals surface area contributed by atoms with E-state index in [4.69, 9.17) is 4.84 Å². The fraction of sp³-hybridized carbons (Fsp3) is 0.333. The van der Waals surface area contributed by atoms with Crippen LogP contribution in [0.3, 0.4) is 0 Å². The third kappa shape index (κ3) is 2.52. The van der Waals surface area contributed by atoms with Crippen molar-refractivity contribution in [3.63, 3.8) is 0 Å². The Labute approximate surface area is 157 Å². The van der Waals surface area contributed by atoms with Crippen molar-refractivity contribution in [3.05, 3.63) is 71.8 Å². The number of fused-ring (bicyclic) bond motifs is 3. The van der Waals surface area contributed by atoms with Crippen LogP contribution in [0.1, 0.15) is 17.2 Å². The van der Waals surface area contributed by atoms with Gasteiger partial charge in [-0.2, -0.15) is 5.06 Å². The van der Waals surface area contributed by atoms with Crippen molar-refractivity contribution in [3.8, 4) is 0 Å². The first-order valence-corrected chi connectivity index (χ1v) is 9.24. The van der Waals surface area contributed by atoms with Gasteiger partial charge in [0.25, 0.3) is 5.91 Å². The maximum Gasteiger partial charge on any atom is 0.261 e. The molecule has 0 saturated carbocycles. The van der Waals surface area contributed by atoms with Gasteiger partial charge in [-0.05, 0) is 11.1 Å². The van der Waals surface area contributed by atoms with E-state index >= 15 is 0 Å². The summed E-state index contributed by atoms with van der Waals surface area (Å²) in [6.07, 6.45) is -0.945. The number of likely N-dealkylation sites (N-methyl/N-ethyl adjacent to an activating group) is 1. The van der Waals surface area contributed by atoms with Gasteiger partial charge in [0.1, 0.15) is 12.1 Å². The summed E-state index contributed by atoms with van der Waals surface area (Å²) in [6, 6.07) is 20.3. The monoisotopic (exact) mass is 363 g/mol. The molecule has 3 heterocycles. The zero-order valence-corrected chi connectivity index (χ0v) is 15.1. The third-order valence-electron chi connectivity index (χ3n) is 5.83. The molecule has 5 rings (SSSR count). The summed E-state index contributed by atoms with van der Waals surface area (Å²) in [5, 5.41) is 1.89. The Balaban J connectivity index is 1.51. The number of carbonyl (C=O) groups is 2. The Hall–Kier alpha value is -2.54. The number of hydrogen-bond donors (Lipinski definition) is 0. The molecule has 6 heteroatoms. The van der Waals surface area contributed by atoms with E-state index in [9.17, 15) is 9.59 Å². The predicted molar refractivity (Wildman–Crippen MR) is 97.8 cm³/mol. The number of amides is 2. The molecule has 0 bridgehead atoms. The SMILES string of the molecule is CN1C(=O)[C@H]2[C@@H]3N(Cc4ccccc4)C[C@@H](c4ccccc4)N3O[C@H]2C1=O. The maximum absolute atomic E-state index is 12.8. The average molecular weight is 363 g/mol. The Bertz CT molecular complexity index is 873. The predicted octanol–water partition coefficient (Wildman–Crippen LogP) is 1.80. The van der Waals surface area contributed by atoms with Gasteiger partial charge in [-0.1, -0.05) is 60.7 Å². The largest absolute Gasteiger partial charge is 0.283 e. The topological polar surface area (TPSA) is 53.1 Å². The van der Waals surface area contributed by atoms with Gasteiger partial charge >= 0.3 is 0 Å². The van der Waals surface area contributed by atoms with Crippen LogP contribution in [-0.2, 0) is 21.0 Å². The van der Waals surface area contributed by atoms with E-state index in [0.29, 0.717) is 6.54 Å². The van der Waals surface area contributed by atoms with E-state index in [-0.39, 0.29) is 24.0 Å². The van der Waals surface area contributed by atoms with Crippen molar-refractivity contribution in [1.29, 1.82) is 0 Å². The second-order valence-electron chi connectivity index (χ2n) is 7.40. The number of rotatable bonds is 3. The van der Waals surface area contributed by atoms with Gasteiger partial charge < -0.3 is 0 Å². The van der Waals surface area contributed by atoms with Gasteiger partial charge in [0.15, 0.2) is 6.10 Å². The number of hydroxylamine groups is 2. The molecule has 0 aliphatic carbocycles. The lowest BCUT2D eigenvalue weighted by molar-refractivity contribution is -0.188. The summed E-state index contributed by atoms with van der Waals surface area (Å²) in [5.41, 5.74) is 2.31. The molecule has 3 aliphatic heterocycles. The van der Waals surface area contributed by atoms with Crippen LogP contribution in [0.2, 0.25) is 0 Å². The highest BCUT2D eigenvalue weighted by molar-refractivity contribution is 6.06. The fourth-order valence-corrected chi connectivity index (χ4v) is 4.51. The summed E-state index contributed by atoms with van der Waals surface area (Å²) in [4.78, 5) is 34.8. The van der Waals surface area contributed by atoms with Gasteiger partial charge in [0, 0.05) is 20.1 Å². The highest BCUT2D eigenvalue weighted by Crippen LogP contribution is 2.46. The molecule has 2 amide bonds. The van der Waals surface area contributed by atoms with E-state index < -0.39 is 12.0 Å². The van der Waals surface area contributed by atoms with Gasteiger partial charge in [-0.25, -0.2) is 0 Å². The highest BCUT2D eigenvalue weighted by Gasteiger charge is 2.63. The van der Waals surface area contributed by atoms with E-state index in [1.807, 2.05) is 41.5 Å². The van der Waals surface area contributed by atoms with Crippen LogP contribution < -0.4 is 0 Å². The Kier molecular flexibility index (Phi) is 3.86. The third-order valence-corrected chi connectivity index (χ3v) is 5.83. The molecule has 0 N–H and O–H groups in total. The first-order chi connectivity index (χ1) is 13.1. The number of imide groups is 1. The van der Waals surface area contributed by atoms with Crippen LogP contribution in [0.25, 0.3) is 0 Å². The van der Waals surface area contributed by atoms with Gasteiger partial charge in [0.2, 0.25) is 5.91 Å². The van der Waals surface area contributed by atoms with E-state index in [1.165, 1.54) is 10.5 Å². The van der Waals surface area contributed by atoms with Crippen LogP contribution in [0, 0.1) is 5.92 Å². The number of hydrogen-bond acceptors (Lipinski definition) is 5. The molecule has 6 nitrogen and oxygen atoms in total. The second-order valence-corrected chi connectivity index (χ2v) is 7.40. The van der Waals surface area contributed by atoms with E-state index in [2.05, 4.69) is 29.2 Å². The van der Waals surface area contributed by atoms with Crippen molar-refractivity contribution >= 4 is 11.8 Å². The first-order valence-electron chi connectivity index (χ1n) is 9.24. The molecule has 0 spiro atoms. The molecule has 3 fully saturated rings. The minimum Gasteiger partial charge on any atom is -0.283 e. The quantitative estimate of drug-likeness (QED) is 0.779. The molecule has 2 aromatic rings. The number of nitrogens with zero attached hydrogens (tertiary/aromatic N) is 3. The first kappa shape index (κ1) is 16.6. The van der Waals surface area contributed by atoms with Crippen LogP contribution in [0.15, 0.2) is 60.7 Å². The molecule has 0 aromatic heterocycles. The molecule has 3 aliphatic rings. The lowest BCUT2D eigenvalue weighted by Crippen LogP contribution is -2.43. The number of benzene rings is 2. The van der Waals surface area contributed by atoms with Crippen molar-refractivity contribution in [2.75, 3.05) is 13.6 Å². The minimum atomic E-state index is -0.711. The van der Waals surface area contributed by atoms with Gasteiger partial charge in [0.05, 0.1) is 6.04 Å². The highest BCUT2D eigenvalue weighted by atomic mass is 16.7. The van der Waals surface area contributed by atoms with Crippen molar-refractivity contribution < 1.29 is 14.4 Å². The molecule has 3 saturated heterocycles. The molecular weight excluding hydrogens is 342 g/mol. The molecule has 0 radical (unpaired) electrons. The van der Waals surface area contributed by atoms with Crippen molar-refractivity contribution in [1.82, 2.24) is 14.9 Å². The summed E-state index contributed by atoms with van der Waals surface area (Å²) in [5.74, 6) is -0.866. The van der Waals surface area contributed by atoms with Crippen LogP contribution in [0.4, 0.5) is 0 Å². The normalized spacial score (nSPS) is 30.8. The molecule has 27 heavy (non-hydrogen) atoms. The van der Waals surface area contributed by atoms with Gasteiger partial charge in [-0.15, -0.1) is 0 Å². The van der Waals surface area contributed by atoms with Crippen LogP contribution in [-0.4, -0.2) is 52.5 Å². The maximum atomic E-state index is 12.8. The zero-order chi connectivity index (χ0) is 18.5. The second kappa shape index (κ2) is 6.27. The Morgan fingerprint density at radius 2 is 1.63 bits per heavy atom. The molecule has 2 aromatic carbocycles. The van der Waals surface area contributed by atoms with Crippen LogP contribution in [0.5, 0.6) is 0 Å². The summed E-state index contributed by atoms with van der Waals surface area (Å²) in [6.45, 7) is 1.46. The number of carbonyl (C=O) groups excluding carboxylic acids is 2. The van der Waals surface area contributed by atoms with Crippen molar-refractivity contribution in [2.45, 2.75) is 24.9 Å². The molecule has 0 unspecified atom stereocenters. The smallest absolute Gasteiger partial charge is 0.261 e. The average Bonchev–Trinajstić information content (AvgIpc) is 3.31. The summed E-state index contributed by atoms with van der Waals surface area (Å²) in [7, 11) is 1.54. The summed E-state index contributed by atoms with van der Waals surface area (Å²) < 4.78 is 0. The number of likely N-dealkylation sites (tertiary alicyclic amines) is 1. The Morgan fingerprint density at radius 1 is 0.963 bits per heavy atom. The van der Waals surface area contributed by atoms with Gasteiger partial charge in [-0.3, -0.25) is 24.2 Å². The lowest BCUT2D eigenvalue weighted by Gasteiger charge is -2.27. The molecule has 138 valence electrons. The fourth-order valence-electron chi connectivity index (χ4n) is 4.51. The lowest BCUT2D eigenvalue weighted by atomic mass is 10.0. The zero-order valence-electron chi connectivity index (χ0n) is 15.1. The Morgan fingerprint density at radius 3 is 2.33 bits per heavy atom. The molecular formula is C21H21N3O3. The minimum absolute atomic E-state index is 0.00332. The van der Waals surface area contributed by atoms with E-state index in [1.54, 1.807) is 7.05 Å². The van der Waals surface area contributed by atoms with Crippen molar-refractivity contribution in [2.24, 2.45) is 5.92 Å².